The number of furan rings is 1. The van der Waals surface area contributed by atoms with E-state index in [1.54, 1.807) is 24.5 Å². The van der Waals surface area contributed by atoms with E-state index in [9.17, 15) is 8.42 Å². The Morgan fingerprint density at radius 3 is 2.71 bits per heavy atom. The number of sulfonamides is 1. The normalized spacial score (nSPS) is 11.2. The third-order valence-corrected chi connectivity index (χ3v) is 4.77. The van der Waals surface area contributed by atoms with Crippen molar-refractivity contribution in [3.05, 3.63) is 60.5 Å². The van der Waals surface area contributed by atoms with Crippen LogP contribution in [0.1, 0.15) is 5.56 Å². The van der Waals surface area contributed by atoms with Crippen molar-refractivity contribution in [2.24, 2.45) is 0 Å². The Morgan fingerprint density at radius 1 is 1.17 bits per heavy atom. The Hall–Kier alpha value is -2.80. The van der Waals surface area contributed by atoms with Crippen molar-refractivity contribution in [3.8, 4) is 17.1 Å². The minimum atomic E-state index is -3.83. The first kappa shape index (κ1) is 16.1. The van der Waals surface area contributed by atoms with Crippen molar-refractivity contribution in [2.45, 2.75) is 11.9 Å². The Morgan fingerprint density at radius 2 is 2.00 bits per heavy atom. The van der Waals surface area contributed by atoms with E-state index < -0.39 is 10.0 Å². The Bertz CT molecular complexity index is 950. The summed E-state index contributed by atoms with van der Waals surface area (Å²) in [6, 6.07) is 12.0. The number of benzene rings is 1. The van der Waals surface area contributed by atoms with Gasteiger partial charge in [-0.3, -0.25) is 4.72 Å². The Labute approximate surface area is 140 Å². The number of hydrogen-bond donors (Lipinski definition) is 1. The predicted molar refractivity (Wildman–Crippen MR) is 90.5 cm³/mol. The first-order chi connectivity index (χ1) is 11.5. The van der Waals surface area contributed by atoms with Crippen LogP contribution >= 0.6 is 0 Å². The lowest BCUT2D eigenvalue weighted by Gasteiger charge is -2.12. The molecule has 0 saturated carbocycles. The summed E-state index contributed by atoms with van der Waals surface area (Å²) in [6.45, 7) is 1.82. The first-order valence-electron chi connectivity index (χ1n) is 7.17. The highest BCUT2D eigenvalue weighted by molar-refractivity contribution is 7.92. The van der Waals surface area contributed by atoms with E-state index in [2.05, 4.69) is 9.71 Å². The summed E-state index contributed by atoms with van der Waals surface area (Å²) in [5, 5.41) is -0.107. The maximum atomic E-state index is 12.6. The van der Waals surface area contributed by atoms with Crippen LogP contribution in [-0.2, 0) is 10.0 Å². The zero-order valence-electron chi connectivity index (χ0n) is 13.2. The summed E-state index contributed by atoms with van der Waals surface area (Å²) in [5.74, 6) is 1.08. The fraction of sp³-hybridized carbons (Fsp3) is 0.118. The third-order valence-electron chi connectivity index (χ3n) is 3.50. The molecule has 124 valence electrons. The monoisotopic (exact) mass is 344 g/mol. The minimum absolute atomic E-state index is 0.107. The lowest BCUT2D eigenvalue weighted by Crippen LogP contribution is -2.15. The largest absolute Gasteiger partial charge is 0.497 e. The molecule has 0 unspecified atom stereocenters. The summed E-state index contributed by atoms with van der Waals surface area (Å²) in [6.07, 6.45) is 2.96. The van der Waals surface area contributed by atoms with Gasteiger partial charge in [-0.15, -0.1) is 0 Å². The number of ether oxygens (including phenoxy) is 1. The second kappa shape index (κ2) is 6.37. The van der Waals surface area contributed by atoms with Gasteiger partial charge in [-0.1, -0.05) is 12.1 Å². The van der Waals surface area contributed by atoms with Gasteiger partial charge in [0.2, 0.25) is 0 Å². The maximum Gasteiger partial charge on any atom is 0.279 e. The van der Waals surface area contributed by atoms with Gasteiger partial charge in [0.05, 0.1) is 19.1 Å². The van der Waals surface area contributed by atoms with Crippen molar-refractivity contribution in [1.29, 1.82) is 0 Å². The maximum absolute atomic E-state index is 12.6. The Kier molecular flexibility index (Phi) is 4.26. The van der Waals surface area contributed by atoms with Crippen LogP contribution in [0.5, 0.6) is 5.75 Å². The number of hydrogen-bond acceptors (Lipinski definition) is 5. The molecule has 6 nitrogen and oxygen atoms in total. The molecule has 0 amide bonds. The lowest BCUT2D eigenvalue weighted by atomic mass is 10.1. The smallest absolute Gasteiger partial charge is 0.279 e. The van der Waals surface area contributed by atoms with E-state index in [0.717, 1.165) is 11.1 Å². The van der Waals surface area contributed by atoms with Gasteiger partial charge in [0.15, 0.2) is 5.03 Å². The molecule has 0 spiro atoms. The number of nitrogens with zero attached hydrogens (tertiary/aromatic N) is 1. The zero-order valence-corrected chi connectivity index (χ0v) is 14.0. The molecule has 0 fully saturated rings. The van der Waals surface area contributed by atoms with Crippen LogP contribution in [0.15, 0.2) is 64.4 Å². The fourth-order valence-electron chi connectivity index (χ4n) is 2.19. The molecule has 0 bridgehead atoms. The highest BCUT2D eigenvalue weighted by Gasteiger charge is 2.18. The zero-order chi connectivity index (χ0) is 17.2. The molecule has 1 N–H and O–H groups in total. The van der Waals surface area contributed by atoms with Crippen LogP contribution in [0, 0.1) is 6.92 Å². The van der Waals surface area contributed by atoms with Gasteiger partial charge in [0.1, 0.15) is 11.5 Å². The summed E-state index contributed by atoms with van der Waals surface area (Å²) < 4.78 is 38.1. The van der Waals surface area contributed by atoms with Crippen molar-refractivity contribution >= 4 is 15.7 Å². The first-order valence-corrected chi connectivity index (χ1v) is 8.65. The minimum Gasteiger partial charge on any atom is -0.497 e. The van der Waals surface area contributed by atoms with Gasteiger partial charge in [-0.05, 0) is 36.8 Å². The standard InChI is InChI=1S/C17H16N2O4S/c1-12-5-6-13(16-4-3-9-23-16)10-15(12)19-24(20,21)17-11-14(22-2)7-8-18-17/h3-11,19H,1-2H3. The number of aryl methyl sites for hydroxylation is 1. The number of methoxy groups -OCH3 is 1. The molecule has 0 aliphatic carbocycles. The molecular weight excluding hydrogens is 328 g/mol. The number of rotatable bonds is 5. The molecule has 0 saturated heterocycles. The van der Waals surface area contributed by atoms with E-state index in [-0.39, 0.29) is 5.03 Å². The second-order valence-electron chi connectivity index (χ2n) is 5.15. The molecule has 0 atom stereocenters. The number of aromatic nitrogens is 1. The molecule has 1 aromatic carbocycles. The van der Waals surface area contributed by atoms with Gasteiger partial charge in [-0.25, -0.2) is 4.98 Å². The number of pyridine rings is 1. The van der Waals surface area contributed by atoms with Crippen LogP contribution in [0.2, 0.25) is 0 Å². The summed E-state index contributed by atoms with van der Waals surface area (Å²) in [4.78, 5) is 3.91. The topological polar surface area (TPSA) is 81.4 Å². The summed E-state index contributed by atoms with van der Waals surface area (Å²) >= 11 is 0. The number of nitrogens with one attached hydrogen (secondary N) is 1. The van der Waals surface area contributed by atoms with Crippen LogP contribution in [0.4, 0.5) is 5.69 Å². The average Bonchev–Trinajstić information content (AvgIpc) is 3.11. The fourth-order valence-corrected chi connectivity index (χ4v) is 3.28. The molecule has 7 heteroatoms. The van der Waals surface area contributed by atoms with E-state index >= 15 is 0 Å². The van der Waals surface area contributed by atoms with Gasteiger partial charge in [-0.2, -0.15) is 8.42 Å². The lowest BCUT2D eigenvalue weighted by molar-refractivity contribution is 0.412. The van der Waals surface area contributed by atoms with E-state index in [0.29, 0.717) is 17.2 Å². The quantitative estimate of drug-likeness (QED) is 0.766. The second-order valence-corrected chi connectivity index (χ2v) is 6.78. The van der Waals surface area contributed by atoms with Crippen molar-refractivity contribution in [3.63, 3.8) is 0 Å². The number of anilines is 1. The summed E-state index contributed by atoms with van der Waals surface area (Å²) in [5.41, 5.74) is 2.03. The van der Waals surface area contributed by atoms with Crippen LogP contribution < -0.4 is 9.46 Å². The molecule has 3 aromatic rings. The van der Waals surface area contributed by atoms with E-state index in [4.69, 9.17) is 9.15 Å². The average molecular weight is 344 g/mol. The molecule has 2 heterocycles. The molecule has 0 aliphatic rings. The third kappa shape index (κ3) is 3.26. The van der Waals surface area contributed by atoms with Gasteiger partial charge < -0.3 is 9.15 Å². The van der Waals surface area contributed by atoms with Gasteiger partial charge in [0.25, 0.3) is 10.0 Å². The highest BCUT2D eigenvalue weighted by atomic mass is 32.2. The van der Waals surface area contributed by atoms with Crippen LogP contribution in [0.3, 0.4) is 0 Å². The predicted octanol–water partition coefficient (Wildman–Crippen LogP) is 3.46. The molecule has 0 aliphatic heterocycles. The van der Waals surface area contributed by atoms with Crippen LogP contribution in [-0.4, -0.2) is 20.5 Å². The summed E-state index contributed by atoms with van der Waals surface area (Å²) in [7, 11) is -2.36. The van der Waals surface area contributed by atoms with Crippen molar-refractivity contribution in [2.75, 3.05) is 11.8 Å². The highest BCUT2D eigenvalue weighted by Crippen LogP contribution is 2.27. The van der Waals surface area contributed by atoms with Crippen molar-refractivity contribution < 1.29 is 17.6 Å². The molecule has 24 heavy (non-hydrogen) atoms. The van der Waals surface area contributed by atoms with E-state index in [1.807, 2.05) is 25.1 Å². The van der Waals surface area contributed by atoms with Crippen LogP contribution in [0.25, 0.3) is 11.3 Å². The molecule has 2 aromatic heterocycles. The van der Waals surface area contributed by atoms with E-state index in [1.165, 1.54) is 19.4 Å². The van der Waals surface area contributed by atoms with Gasteiger partial charge >= 0.3 is 0 Å². The van der Waals surface area contributed by atoms with Gasteiger partial charge in [0, 0.05) is 17.8 Å². The molecule has 0 radical (unpaired) electrons. The SMILES string of the molecule is COc1ccnc(S(=O)(=O)Nc2cc(-c3ccco3)ccc2C)c1. The molecular formula is C17H16N2O4S. The van der Waals surface area contributed by atoms with Crippen molar-refractivity contribution in [1.82, 2.24) is 4.98 Å². The Balaban J connectivity index is 1.96. The molecule has 3 rings (SSSR count).